The summed E-state index contributed by atoms with van der Waals surface area (Å²) < 4.78 is 8.19. The monoisotopic (exact) mass is 362 g/mol. The van der Waals surface area contributed by atoms with Gasteiger partial charge in [0.25, 0.3) is 0 Å². The van der Waals surface area contributed by atoms with Gasteiger partial charge >= 0.3 is 0 Å². The van der Waals surface area contributed by atoms with E-state index < -0.39 is 0 Å². The van der Waals surface area contributed by atoms with Crippen LogP contribution in [0.25, 0.3) is 5.69 Å². The summed E-state index contributed by atoms with van der Waals surface area (Å²) in [5, 5.41) is 0. The van der Waals surface area contributed by atoms with E-state index in [9.17, 15) is 4.79 Å². The van der Waals surface area contributed by atoms with Gasteiger partial charge in [0.2, 0.25) is 0 Å². The van der Waals surface area contributed by atoms with Gasteiger partial charge in [0.05, 0.1) is 11.4 Å². The molecule has 0 radical (unpaired) electrons. The second kappa shape index (κ2) is 8.40. The van der Waals surface area contributed by atoms with E-state index in [1.54, 1.807) is 0 Å². The fourth-order valence-corrected chi connectivity index (χ4v) is 3.92. The van der Waals surface area contributed by atoms with Crippen molar-refractivity contribution in [1.82, 2.24) is 9.47 Å². The van der Waals surface area contributed by atoms with Crippen molar-refractivity contribution in [3.8, 4) is 11.4 Å². The summed E-state index contributed by atoms with van der Waals surface area (Å²) in [6.45, 7) is 3.53. The molecule has 0 spiro atoms. The highest BCUT2D eigenvalue weighted by Gasteiger charge is 2.16. The zero-order valence-electron chi connectivity index (χ0n) is 15.6. The van der Waals surface area contributed by atoms with Crippen LogP contribution < -0.4 is 4.74 Å². The second-order valence-corrected chi connectivity index (χ2v) is 7.16. The molecule has 4 heteroatoms. The molecule has 0 saturated carbocycles. The summed E-state index contributed by atoms with van der Waals surface area (Å²) in [4.78, 5) is 14.0. The maximum Gasteiger partial charge on any atom is 0.166 e. The number of hydrogen-bond donors (Lipinski definition) is 0. The molecule has 2 heterocycles. The van der Waals surface area contributed by atoms with Crippen molar-refractivity contribution in [2.45, 2.75) is 25.7 Å². The number of aryl methyl sites for hydroxylation is 1. The van der Waals surface area contributed by atoms with E-state index in [1.165, 1.54) is 5.57 Å². The minimum absolute atomic E-state index is 0.640. The quantitative estimate of drug-likeness (QED) is 0.768. The largest absolute Gasteiger partial charge is 0.490 e. The molecular formula is C23H26N2O2. The molecule has 0 saturated heterocycles. The number of aromatic nitrogens is 1. The van der Waals surface area contributed by atoms with Gasteiger partial charge in [-0.25, -0.2) is 0 Å². The molecular weight excluding hydrogens is 336 g/mol. The first kappa shape index (κ1) is 17.8. The first-order chi connectivity index (χ1) is 13.3. The Morgan fingerprint density at radius 3 is 2.85 bits per heavy atom. The Balaban J connectivity index is 1.60. The van der Waals surface area contributed by atoms with Gasteiger partial charge in [-0.2, -0.15) is 0 Å². The molecule has 1 aromatic carbocycles. The zero-order chi connectivity index (χ0) is 18.5. The maximum atomic E-state index is 11.6. The fourth-order valence-electron chi connectivity index (χ4n) is 3.92. The molecule has 0 bridgehead atoms. The summed E-state index contributed by atoms with van der Waals surface area (Å²) in [7, 11) is 0. The minimum Gasteiger partial charge on any atom is -0.490 e. The summed E-state index contributed by atoms with van der Waals surface area (Å²) in [6, 6.07) is 12.0. The van der Waals surface area contributed by atoms with Crippen LogP contribution in [0.3, 0.4) is 0 Å². The van der Waals surface area contributed by atoms with Crippen LogP contribution in [-0.2, 0) is 6.42 Å². The molecule has 1 aliphatic carbocycles. The van der Waals surface area contributed by atoms with Crippen molar-refractivity contribution < 1.29 is 9.53 Å². The van der Waals surface area contributed by atoms with E-state index in [1.807, 2.05) is 34.9 Å². The highest BCUT2D eigenvalue weighted by atomic mass is 16.5. The van der Waals surface area contributed by atoms with Crippen molar-refractivity contribution in [2.24, 2.45) is 0 Å². The molecule has 0 amide bonds. The smallest absolute Gasteiger partial charge is 0.166 e. The first-order valence-corrected chi connectivity index (χ1v) is 9.81. The number of carbonyl (C=O) groups is 1. The highest BCUT2D eigenvalue weighted by Crippen LogP contribution is 2.27. The van der Waals surface area contributed by atoms with Crippen LogP contribution in [0.1, 0.15) is 35.4 Å². The average Bonchev–Trinajstić information content (AvgIpc) is 3.10. The number of hydrogen-bond acceptors (Lipinski definition) is 3. The van der Waals surface area contributed by atoms with Crippen LogP contribution in [0.15, 0.2) is 60.2 Å². The predicted molar refractivity (Wildman–Crippen MR) is 108 cm³/mol. The third kappa shape index (κ3) is 4.06. The van der Waals surface area contributed by atoms with Gasteiger partial charge in [-0.1, -0.05) is 30.4 Å². The fraction of sp³-hybridized carbons (Fsp3) is 0.348. The second-order valence-electron chi connectivity index (χ2n) is 7.16. The molecule has 0 unspecified atom stereocenters. The zero-order valence-corrected chi connectivity index (χ0v) is 15.6. The van der Waals surface area contributed by atoms with Gasteiger partial charge in [-0.3, -0.25) is 9.69 Å². The Bertz CT molecular complexity index is 863. The number of rotatable bonds is 3. The Kier molecular flexibility index (Phi) is 5.54. The summed E-state index contributed by atoms with van der Waals surface area (Å²) in [6.07, 6.45) is 12.1. The number of carbonyl (C=O) groups excluding carboxylic acids is 1. The van der Waals surface area contributed by atoms with Crippen LogP contribution >= 0.6 is 0 Å². The van der Waals surface area contributed by atoms with Crippen molar-refractivity contribution in [1.29, 1.82) is 0 Å². The van der Waals surface area contributed by atoms with Crippen molar-refractivity contribution in [3.63, 3.8) is 0 Å². The van der Waals surface area contributed by atoms with Gasteiger partial charge in [0, 0.05) is 18.8 Å². The molecule has 1 aromatic heterocycles. The summed E-state index contributed by atoms with van der Waals surface area (Å²) >= 11 is 0. The topological polar surface area (TPSA) is 34.5 Å². The Hall–Kier alpha value is -2.59. The first-order valence-electron chi connectivity index (χ1n) is 9.81. The van der Waals surface area contributed by atoms with Crippen molar-refractivity contribution in [3.05, 3.63) is 71.6 Å². The van der Waals surface area contributed by atoms with Gasteiger partial charge in [-0.05, 0) is 62.1 Å². The number of allylic oxidation sites excluding steroid dienone is 2. The number of para-hydroxylation sites is 2. The van der Waals surface area contributed by atoms with E-state index in [2.05, 4.69) is 29.2 Å². The molecule has 2 aromatic rings. The van der Waals surface area contributed by atoms with Crippen LogP contribution in [0.2, 0.25) is 0 Å². The molecule has 0 N–H and O–H groups in total. The lowest BCUT2D eigenvalue weighted by Crippen LogP contribution is -2.31. The minimum atomic E-state index is 0.640. The Morgan fingerprint density at radius 1 is 1.07 bits per heavy atom. The number of benzene rings is 1. The van der Waals surface area contributed by atoms with Crippen LogP contribution in [0.5, 0.6) is 5.75 Å². The molecule has 0 fully saturated rings. The van der Waals surface area contributed by atoms with Gasteiger partial charge in [0.15, 0.2) is 6.29 Å². The lowest BCUT2D eigenvalue weighted by molar-refractivity contribution is 0.111. The average molecular weight is 362 g/mol. The van der Waals surface area contributed by atoms with E-state index in [0.29, 0.717) is 12.3 Å². The number of aldehydes is 1. The van der Waals surface area contributed by atoms with E-state index in [-0.39, 0.29) is 0 Å². The van der Waals surface area contributed by atoms with Gasteiger partial charge < -0.3 is 9.30 Å². The Labute approximate surface area is 160 Å². The maximum absolute atomic E-state index is 11.6. The molecule has 4 rings (SSSR count). The van der Waals surface area contributed by atoms with Crippen LogP contribution in [0, 0.1) is 0 Å². The lowest BCUT2D eigenvalue weighted by Gasteiger charge is -2.23. The summed E-state index contributed by atoms with van der Waals surface area (Å²) in [5.41, 5.74) is 4.19. The van der Waals surface area contributed by atoms with Gasteiger partial charge in [0.1, 0.15) is 12.4 Å². The third-order valence-electron chi connectivity index (χ3n) is 5.27. The van der Waals surface area contributed by atoms with Crippen molar-refractivity contribution in [2.75, 3.05) is 26.2 Å². The van der Waals surface area contributed by atoms with E-state index in [0.717, 1.165) is 68.7 Å². The number of ether oxygens (including phenoxy) is 1. The number of nitrogens with zero attached hydrogens (tertiary/aromatic N) is 2. The molecule has 1 aliphatic heterocycles. The molecule has 0 atom stereocenters. The van der Waals surface area contributed by atoms with Crippen LogP contribution in [-0.4, -0.2) is 42.0 Å². The van der Waals surface area contributed by atoms with Crippen LogP contribution in [0.4, 0.5) is 0 Å². The van der Waals surface area contributed by atoms with Gasteiger partial charge in [-0.15, -0.1) is 0 Å². The van der Waals surface area contributed by atoms with E-state index >= 15 is 0 Å². The Morgan fingerprint density at radius 2 is 2.00 bits per heavy atom. The standard InChI is InChI=1S/C23H26N2O2/c26-18-21-13-12-20-9-6-14-24(17-19-7-2-1-3-8-19)15-16-27-23-11-5-4-10-22(23)25(20)21/h2,4-5,7-8,10-13,18H,1,3,6,9,14-17H2. The number of fused-ring (bicyclic) bond motifs is 3. The molecule has 27 heavy (non-hydrogen) atoms. The third-order valence-corrected chi connectivity index (χ3v) is 5.27. The highest BCUT2D eigenvalue weighted by molar-refractivity contribution is 5.75. The molecule has 2 aliphatic rings. The SMILES string of the molecule is O=Cc1ccc2n1-c1ccccc1OCCN(CC1=CCCC=C1)CCC2. The summed E-state index contributed by atoms with van der Waals surface area (Å²) in [5.74, 6) is 0.830. The van der Waals surface area contributed by atoms with Crippen molar-refractivity contribution >= 4 is 6.29 Å². The predicted octanol–water partition coefficient (Wildman–Crippen LogP) is 4.19. The molecule has 4 nitrogen and oxygen atoms in total. The molecule has 140 valence electrons. The van der Waals surface area contributed by atoms with E-state index in [4.69, 9.17) is 4.74 Å². The lowest BCUT2D eigenvalue weighted by atomic mass is 10.1. The normalized spacial score (nSPS) is 17.9.